The van der Waals surface area contributed by atoms with Gasteiger partial charge in [-0.1, -0.05) is 194 Å². The second kappa shape index (κ2) is 21.2. The highest BCUT2D eigenvalue weighted by Crippen LogP contribution is 2.43. The number of hydrogen-bond acceptors (Lipinski definition) is 5. The van der Waals surface area contributed by atoms with E-state index in [1.807, 2.05) is 84.9 Å². The molecule has 0 fully saturated rings. The Morgan fingerprint density at radius 2 is 0.616 bits per heavy atom. The largest absolute Gasteiger partial charge is 0.308 e. The summed E-state index contributed by atoms with van der Waals surface area (Å²) < 4.78 is 4.67. The Bertz CT molecular complexity index is 4990. The molecule has 0 amide bonds. The molecule has 15 aromatic rings. The van der Waals surface area contributed by atoms with Crippen molar-refractivity contribution in [1.29, 1.82) is 10.5 Å². The van der Waals surface area contributed by atoms with Crippen LogP contribution in [0.2, 0.25) is 0 Å². The van der Waals surface area contributed by atoms with Crippen molar-refractivity contribution in [3.8, 4) is 113 Å². The zero-order chi connectivity index (χ0) is 57.7. The monoisotopic (exact) mass is 1090 g/mol. The molecule has 0 aliphatic carbocycles. The van der Waals surface area contributed by atoms with E-state index in [9.17, 15) is 10.5 Å². The van der Waals surface area contributed by atoms with Gasteiger partial charge < -0.3 is 9.13 Å². The lowest BCUT2D eigenvalue weighted by atomic mass is 9.99. The maximum absolute atomic E-state index is 9.82. The third kappa shape index (κ3) is 8.99. The van der Waals surface area contributed by atoms with Crippen molar-refractivity contribution in [3.63, 3.8) is 0 Å². The Kier molecular flexibility index (Phi) is 12.5. The van der Waals surface area contributed by atoms with Crippen molar-refractivity contribution < 1.29 is 0 Å². The summed E-state index contributed by atoms with van der Waals surface area (Å²) in [6.45, 7) is 7.72. The number of fused-ring (bicyclic) bond motifs is 6. The summed E-state index contributed by atoms with van der Waals surface area (Å²) in [5, 5.41) is 23.8. The van der Waals surface area contributed by atoms with Crippen LogP contribution in [0.5, 0.6) is 0 Å². The second-order valence-electron chi connectivity index (χ2n) is 21.3. The quantitative estimate of drug-likeness (QED) is 0.127. The zero-order valence-corrected chi connectivity index (χ0v) is 46.1. The third-order valence-corrected chi connectivity index (χ3v) is 16.3. The maximum atomic E-state index is 9.82. The minimum Gasteiger partial charge on any atom is -0.308 e. The van der Waals surface area contributed by atoms with Gasteiger partial charge in [-0.15, -0.1) is 0 Å². The van der Waals surface area contributed by atoms with Gasteiger partial charge >= 0.3 is 0 Å². The standard InChI is InChI=1S/C78H46N8/c1-81-63-38-32-57(33-39-63)62-35-41-67(75(47-62)86-71-19-11-9-17-65(71)69-45-60(37-43-73(69)86)53-14-6-3-7-15-53)78-83-76(58-30-28-55(29-31-58)54-24-20-50(48-79)21-25-54)82-77(84-78)66-40-34-61(56-26-22-51(49-80)23-27-56)46-74(66)85-70-18-10-8-16-64(70)68-44-59(36-42-72(68)85)52-12-4-2-5-13-52/h2-47H. The number of nitrogens with zero attached hydrogens (tertiary/aromatic N) is 8. The number of para-hydroxylation sites is 2. The third-order valence-electron chi connectivity index (χ3n) is 16.3. The molecule has 0 saturated carbocycles. The molecule has 8 nitrogen and oxygen atoms in total. The van der Waals surface area contributed by atoms with Gasteiger partial charge in [0, 0.05) is 38.2 Å². The van der Waals surface area contributed by atoms with Gasteiger partial charge in [0.05, 0.1) is 63.3 Å². The van der Waals surface area contributed by atoms with E-state index in [1.165, 1.54) is 0 Å². The van der Waals surface area contributed by atoms with Gasteiger partial charge in [-0.25, -0.2) is 19.8 Å². The smallest absolute Gasteiger partial charge is 0.187 e. The Morgan fingerprint density at radius 1 is 0.291 bits per heavy atom. The highest BCUT2D eigenvalue weighted by atomic mass is 15.1. The van der Waals surface area contributed by atoms with Gasteiger partial charge in [0.25, 0.3) is 0 Å². The molecule has 12 aromatic carbocycles. The molecule has 0 bridgehead atoms. The Hall–Kier alpha value is -12.3. The van der Waals surface area contributed by atoms with Crippen LogP contribution < -0.4 is 0 Å². The SMILES string of the molecule is [C-]#[N+]c1ccc(-c2ccc(-c3nc(-c4ccc(-c5ccc(C#N)cc5)cc4)nc(-c4ccc(-c5ccc(C#N)cc5)cc4-n4c5ccccc5c5cc(-c6ccccc6)ccc54)n3)c(-n3c4ccccc4c4cc(-c5ccccc5)ccc43)c2)cc1. The summed E-state index contributed by atoms with van der Waals surface area (Å²) in [5.74, 6) is 1.41. The van der Waals surface area contributed by atoms with E-state index in [4.69, 9.17) is 21.5 Å². The first-order valence-electron chi connectivity index (χ1n) is 28.3. The van der Waals surface area contributed by atoms with E-state index in [1.54, 1.807) is 0 Å². The van der Waals surface area contributed by atoms with E-state index < -0.39 is 0 Å². The number of aromatic nitrogens is 5. The fourth-order valence-electron chi connectivity index (χ4n) is 12.0. The first kappa shape index (κ1) is 50.7. The number of benzene rings is 12. The summed E-state index contributed by atoms with van der Waals surface area (Å²) in [6, 6.07) is 100. The van der Waals surface area contributed by atoms with E-state index >= 15 is 0 Å². The molecule has 3 heterocycles. The second-order valence-corrected chi connectivity index (χ2v) is 21.3. The van der Waals surface area contributed by atoms with Gasteiger partial charge in [0.15, 0.2) is 23.2 Å². The van der Waals surface area contributed by atoms with Crippen LogP contribution in [0.3, 0.4) is 0 Å². The van der Waals surface area contributed by atoms with E-state index in [0.717, 1.165) is 127 Å². The minimum atomic E-state index is 0.467. The predicted octanol–water partition coefficient (Wildman–Crippen LogP) is 19.7. The van der Waals surface area contributed by atoms with Crippen LogP contribution in [-0.4, -0.2) is 24.1 Å². The molecule has 8 heteroatoms. The number of rotatable bonds is 10. The molecule has 0 spiro atoms. The Labute approximate surface area is 496 Å². The topological polar surface area (TPSA) is 100 Å². The molecule has 0 aliphatic rings. The fraction of sp³-hybridized carbons (Fsp3) is 0. The highest BCUT2D eigenvalue weighted by Gasteiger charge is 2.24. The molecule has 0 radical (unpaired) electrons. The van der Waals surface area contributed by atoms with Crippen LogP contribution in [0.25, 0.3) is 150 Å². The molecule has 15 rings (SSSR count). The molecular formula is C78H46N8. The summed E-state index contributed by atoms with van der Waals surface area (Å²) in [4.78, 5) is 20.4. The number of nitriles is 2. The first-order chi connectivity index (χ1) is 42.5. The normalized spacial score (nSPS) is 11.2. The van der Waals surface area contributed by atoms with E-state index in [0.29, 0.717) is 34.3 Å². The van der Waals surface area contributed by atoms with Crippen LogP contribution in [0.1, 0.15) is 11.1 Å². The molecular weight excluding hydrogens is 1050 g/mol. The Balaban J connectivity index is 1.00. The molecule has 0 aliphatic heterocycles. The molecule has 0 N–H and O–H groups in total. The minimum absolute atomic E-state index is 0.467. The van der Waals surface area contributed by atoms with Crippen molar-refractivity contribution in [2.45, 2.75) is 0 Å². The molecule has 3 aromatic heterocycles. The van der Waals surface area contributed by atoms with Crippen molar-refractivity contribution in [3.05, 3.63) is 302 Å². The van der Waals surface area contributed by atoms with Crippen LogP contribution in [0.4, 0.5) is 5.69 Å². The fourth-order valence-corrected chi connectivity index (χ4v) is 12.0. The predicted molar refractivity (Wildman–Crippen MR) is 348 cm³/mol. The molecule has 0 atom stereocenters. The molecule has 398 valence electrons. The lowest BCUT2D eigenvalue weighted by Crippen LogP contribution is -2.06. The summed E-state index contributed by atoms with van der Waals surface area (Å²) in [7, 11) is 0. The Morgan fingerprint density at radius 3 is 1.06 bits per heavy atom. The number of hydrogen-bond donors (Lipinski definition) is 0. The average Bonchev–Trinajstić information content (AvgIpc) is 1.94. The summed E-state index contributed by atoms with van der Waals surface area (Å²) in [5.41, 5.74) is 20.2. The van der Waals surface area contributed by atoms with Crippen LogP contribution in [0.15, 0.2) is 279 Å². The van der Waals surface area contributed by atoms with Crippen molar-refractivity contribution >= 4 is 49.3 Å². The highest BCUT2D eigenvalue weighted by molar-refractivity contribution is 6.12. The molecule has 0 unspecified atom stereocenters. The van der Waals surface area contributed by atoms with Crippen LogP contribution in [0, 0.1) is 29.2 Å². The summed E-state index contributed by atoms with van der Waals surface area (Å²) >= 11 is 0. The van der Waals surface area contributed by atoms with Crippen molar-refractivity contribution in [2.24, 2.45) is 0 Å². The van der Waals surface area contributed by atoms with Gasteiger partial charge in [-0.2, -0.15) is 10.5 Å². The van der Waals surface area contributed by atoms with Crippen molar-refractivity contribution in [1.82, 2.24) is 24.1 Å². The first-order valence-corrected chi connectivity index (χ1v) is 28.3. The van der Waals surface area contributed by atoms with Crippen molar-refractivity contribution in [2.75, 3.05) is 0 Å². The molecule has 86 heavy (non-hydrogen) atoms. The van der Waals surface area contributed by atoms with Crippen LogP contribution in [-0.2, 0) is 0 Å². The van der Waals surface area contributed by atoms with Gasteiger partial charge in [-0.3, -0.25) is 0 Å². The molecule has 0 saturated heterocycles. The van der Waals surface area contributed by atoms with Crippen LogP contribution >= 0.6 is 0 Å². The van der Waals surface area contributed by atoms with E-state index in [2.05, 4.69) is 220 Å². The van der Waals surface area contributed by atoms with Gasteiger partial charge in [0.2, 0.25) is 0 Å². The lowest BCUT2D eigenvalue weighted by Gasteiger charge is -2.18. The maximum Gasteiger partial charge on any atom is 0.187 e. The lowest BCUT2D eigenvalue weighted by molar-refractivity contribution is 1.06. The average molecular weight is 1100 g/mol. The van der Waals surface area contributed by atoms with Gasteiger partial charge in [0.1, 0.15) is 0 Å². The van der Waals surface area contributed by atoms with Gasteiger partial charge in [-0.05, 0) is 141 Å². The van der Waals surface area contributed by atoms with E-state index in [-0.39, 0.29) is 0 Å². The summed E-state index contributed by atoms with van der Waals surface area (Å²) in [6.07, 6.45) is 0. The zero-order valence-electron chi connectivity index (χ0n) is 46.1.